The fourth-order valence-electron chi connectivity index (χ4n) is 4.80. The van der Waals surface area contributed by atoms with E-state index in [4.69, 9.17) is 23.2 Å². The van der Waals surface area contributed by atoms with Gasteiger partial charge in [-0.25, -0.2) is 0 Å². The molecule has 3 rings (SSSR count). The maximum atomic E-state index is 13.4. The number of unbranched alkanes of at least 4 members (excludes halogenated alkanes) is 3. The smallest absolute Gasteiger partial charge is 0.368 e. The predicted molar refractivity (Wildman–Crippen MR) is 129 cm³/mol. The van der Waals surface area contributed by atoms with Crippen molar-refractivity contribution in [2.75, 3.05) is 24.5 Å². The van der Waals surface area contributed by atoms with Gasteiger partial charge in [-0.15, -0.1) is 0 Å². The van der Waals surface area contributed by atoms with Crippen LogP contribution >= 0.6 is 12.2 Å². The molecule has 2 N–H and O–H groups in total. The summed E-state index contributed by atoms with van der Waals surface area (Å²) in [7, 11) is 0. The first kappa shape index (κ1) is 26.9. The number of alkyl halides is 3. The molecule has 0 unspecified atom stereocenters. The summed E-state index contributed by atoms with van der Waals surface area (Å²) in [6.07, 6.45) is 0.555. The second-order valence-corrected chi connectivity index (χ2v) is 9.85. The molecular weight excluding hydrogens is 479 g/mol. The molecule has 35 heavy (non-hydrogen) atoms. The summed E-state index contributed by atoms with van der Waals surface area (Å²) in [4.78, 5) is 29.6. The second-order valence-electron chi connectivity index (χ2n) is 9.48. The van der Waals surface area contributed by atoms with Gasteiger partial charge in [0.1, 0.15) is 5.54 Å². The molecule has 2 heterocycles. The minimum atomic E-state index is -4.73. The Balaban J connectivity index is 1.60. The number of halogens is 3. The number of likely N-dealkylation sites (tertiary alicyclic amines) is 1. The van der Waals surface area contributed by atoms with Crippen molar-refractivity contribution in [3.8, 4) is 6.07 Å². The van der Waals surface area contributed by atoms with Crippen molar-refractivity contribution in [2.24, 2.45) is 5.73 Å². The van der Waals surface area contributed by atoms with Gasteiger partial charge in [0.05, 0.1) is 28.9 Å². The SMILES string of the molecule is CC1(C)C(=O)N(c2ccc(C#N)c(C(F)(F)F)c2)C(=S)N1CCCCCCN1CCC[C@H]1C(N)=O. The van der Waals surface area contributed by atoms with Gasteiger partial charge in [0, 0.05) is 6.54 Å². The summed E-state index contributed by atoms with van der Waals surface area (Å²) >= 11 is 5.51. The van der Waals surface area contributed by atoms with Gasteiger partial charge in [-0.3, -0.25) is 19.4 Å². The van der Waals surface area contributed by atoms with E-state index >= 15 is 0 Å². The Morgan fingerprint density at radius 3 is 2.49 bits per heavy atom. The lowest BCUT2D eigenvalue weighted by atomic mass is 10.0. The largest absolute Gasteiger partial charge is 0.417 e. The van der Waals surface area contributed by atoms with Crippen molar-refractivity contribution in [3.05, 3.63) is 29.3 Å². The lowest BCUT2D eigenvalue weighted by Crippen LogP contribution is -2.44. The number of thiocarbonyl (C=S) groups is 1. The molecule has 1 atom stereocenters. The van der Waals surface area contributed by atoms with Crippen LogP contribution in [0, 0.1) is 11.3 Å². The van der Waals surface area contributed by atoms with Gasteiger partial charge >= 0.3 is 6.18 Å². The Labute approximate surface area is 208 Å². The van der Waals surface area contributed by atoms with Gasteiger partial charge in [-0.2, -0.15) is 18.4 Å². The van der Waals surface area contributed by atoms with E-state index in [0.29, 0.717) is 6.54 Å². The Kier molecular flexibility index (Phi) is 8.07. The topological polar surface area (TPSA) is 93.7 Å². The molecule has 1 aromatic carbocycles. The molecule has 11 heteroatoms. The third-order valence-corrected chi connectivity index (χ3v) is 7.18. The number of hydrogen-bond acceptors (Lipinski definition) is 5. The Hall–Kier alpha value is -2.71. The van der Waals surface area contributed by atoms with Crippen LogP contribution < -0.4 is 10.6 Å². The molecule has 0 aromatic heterocycles. The van der Waals surface area contributed by atoms with Gasteiger partial charge in [0.25, 0.3) is 5.91 Å². The first-order valence-electron chi connectivity index (χ1n) is 11.7. The van der Waals surface area contributed by atoms with E-state index in [1.165, 1.54) is 6.07 Å². The summed E-state index contributed by atoms with van der Waals surface area (Å²) < 4.78 is 40.3. The number of benzene rings is 1. The summed E-state index contributed by atoms with van der Waals surface area (Å²) in [6.45, 7) is 5.59. The van der Waals surface area contributed by atoms with Crippen molar-refractivity contribution in [1.82, 2.24) is 9.80 Å². The van der Waals surface area contributed by atoms with Crippen molar-refractivity contribution in [1.29, 1.82) is 5.26 Å². The first-order valence-corrected chi connectivity index (χ1v) is 12.1. The zero-order valence-corrected chi connectivity index (χ0v) is 20.7. The van der Waals surface area contributed by atoms with Crippen LogP contribution in [0.5, 0.6) is 0 Å². The highest BCUT2D eigenvalue weighted by molar-refractivity contribution is 7.80. The van der Waals surface area contributed by atoms with Gasteiger partial charge in [0.15, 0.2) is 5.11 Å². The molecule has 0 radical (unpaired) electrons. The molecule has 2 amide bonds. The zero-order chi connectivity index (χ0) is 26.0. The van der Waals surface area contributed by atoms with Crippen LogP contribution in [0.25, 0.3) is 0 Å². The van der Waals surface area contributed by atoms with Crippen LogP contribution in [0.15, 0.2) is 18.2 Å². The molecule has 0 saturated carbocycles. The Morgan fingerprint density at radius 2 is 1.89 bits per heavy atom. The maximum absolute atomic E-state index is 13.4. The summed E-state index contributed by atoms with van der Waals surface area (Å²) in [6, 6.07) is 4.56. The standard InChI is InChI=1S/C24H30F3N5O2S/c1-23(2)21(34)32(17-10-9-16(15-28)18(14-17)24(25,26)27)22(35)31(23)13-6-4-3-5-11-30-12-7-8-19(30)20(29)33/h9-10,14,19H,3-8,11-13H2,1-2H3,(H2,29,33)/t19-/m0/s1. The van der Waals surface area contributed by atoms with Crippen LogP contribution in [0.2, 0.25) is 0 Å². The molecular formula is C24H30F3N5O2S. The van der Waals surface area contributed by atoms with E-state index in [1.54, 1.807) is 24.8 Å². The normalized spacial score (nSPS) is 20.5. The van der Waals surface area contributed by atoms with E-state index in [1.807, 2.05) is 0 Å². The first-order chi connectivity index (χ1) is 16.4. The Bertz CT molecular complexity index is 1040. The number of nitriles is 1. The Morgan fingerprint density at radius 1 is 1.23 bits per heavy atom. The molecule has 2 fully saturated rings. The number of amides is 2. The number of hydrogen-bond donors (Lipinski definition) is 1. The number of nitrogens with two attached hydrogens (primary N) is 1. The van der Waals surface area contributed by atoms with Crippen molar-refractivity contribution in [3.63, 3.8) is 0 Å². The number of primary amides is 1. The molecule has 1 aromatic rings. The van der Waals surface area contributed by atoms with Gasteiger partial charge in [-0.05, 0) is 83.0 Å². The quantitative estimate of drug-likeness (QED) is 0.402. The highest BCUT2D eigenvalue weighted by atomic mass is 32.1. The molecule has 2 aliphatic heterocycles. The van der Waals surface area contributed by atoms with Crippen molar-refractivity contribution >= 4 is 34.8 Å². The fraction of sp³-hybridized carbons (Fsp3) is 0.583. The van der Waals surface area contributed by atoms with Crippen LogP contribution in [0.1, 0.15) is 63.5 Å². The number of rotatable bonds is 9. The lowest BCUT2D eigenvalue weighted by Gasteiger charge is -2.29. The molecule has 0 spiro atoms. The van der Waals surface area contributed by atoms with Crippen LogP contribution in [-0.4, -0.2) is 57.9 Å². The van der Waals surface area contributed by atoms with Crippen LogP contribution in [0.3, 0.4) is 0 Å². The average molecular weight is 510 g/mol. The molecule has 2 saturated heterocycles. The summed E-state index contributed by atoms with van der Waals surface area (Å²) in [5.41, 5.74) is 2.84. The third-order valence-electron chi connectivity index (χ3n) is 6.78. The number of nitrogens with zero attached hydrogens (tertiary/aromatic N) is 4. The number of carbonyl (C=O) groups excluding carboxylic acids is 2. The zero-order valence-electron chi connectivity index (χ0n) is 19.9. The van der Waals surface area contributed by atoms with Crippen molar-refractivity contribution < 1.29 is 22.8 Å². The monoisotopic (exact) mass is 509 g/mol. The van der Waals surface area contributed by atoms with Gasteiger partial charge < -0.3 is 10.6 Å². The second kappa shape index (κ2) is 10.5. The minimum absolute atomic E-state index is 0.00322. The fourth-order valence-corrected chi connectivity index (χ4v) is 5.30. The molecule has 7 nitrogen and oxygen atoms in total. The van der Waals surface area contributed by atoms with E-state index in [-0.39, 0.29) is 22.7 Å². The highest BCUT2D eigenvalue weighted by Crippen LogP contribution is 2.38. The lowest BCUT2D eigenvalue weighted by molar-refractivity contribution is -0.137. The van der Waals surface area contributed by atoms with Crippen molar-refractivity contribution in [2.45, 2.75) is 70.1 Å². The molecule has 2 aliphatic rings. The number of anilines is 1. The molecule has 190 valence electrons. The maximum Gasteiger partial charge on any atom is 0.417 e. The van der Waals surface area contributed by atoms with E-state index < -0.39 is 28.7 Å². The third kappa shape index (κ3) is 5.59. The molecule has 0 bridgehead atoms. The van der Waals surface area contributed by atoms with E-state index in [0.717, 1.165) is 68.6 Å². The van der Waals surface area contributed by atoms with Gasteiger partial charge in [0.2, 0.25) is 5.91 Å². The van der Waals surface area contributed by atoms with Crippen LogP contribution in [0.4, 0.5) is 18.9 Å². The van der Waals surface area contributed by atoms with E-state index in [2.05, 4.69) is 4.90 Å². The van der Waals surface area contributed by atoms with Crippen LogP contribution in [-0.2, 0) is 15.8 Å². The molecule has 0 aliphatic carbocycles. The summed E-state index contributed by atoms with van der Waals surface area (Å²) in [5.74, 6) is -0.682. The summed E-state index contributed by atoms with van der Waals surface area (Å²) in [5, 5.41) is 9.19. The predicted octanol–water partition coefficient (Wildman–Crippen LogP) is 3.80. The minimum Gasteiger partial charge on any atom is -0.368 e. The highest BCUT2D eigenvalue weighted by Gasteiger charge is 2.49. The van der Waals surface area contributed by atoms with Gasteiger partial charge in [-0.1, -0.05) is 12.8 Å². The average Bonchev–Trinajstić information content (AvgIpc) is 3.32. The number of carbonyl (C=O) groups is 2. The van der Waals surface area contributed by atoms with E-state index in [9.17, 15) is 22.8 Å².